The fourth-order valence-corrected chi connectivity index (χ4v) is 2.60. The van der Waals surface area contributed by atoms with Crippen molar-refractivity contribution in [1.82, 2.24) is 10.9 Å². The van der Waals surface area contributed by atoms with E-state index >= 15 is 0 Å². The van der Waals surface area contributed by atoms with E-state index in [9.17, 15) is 14.7 Å². The minimum absolute atomic E-state index is 0.0234. The quantitative estimate of drug-likeness (QED) is 0.303. The van der Waals surface area contributed by atoms with Crippen molar-refractivity contribution in [3.8, 4) is 5.75 Å². The molecular weight excluding hydrogens is 320 g/mol. The van der Waals surface area contributed by atoms with Crippen LogP contribution in [0.4, 0.5) is 0 Å². The fraction of sp³-hybridized carbons (Fsp3) is 0.579. The number of carboxylic acids is 1. The first-order chi connectivity index (χ1) is 12.1. The number of hydrogen-bond acceptors (Lipinski definition) is 4. The molecule has 0 atom stereocenters. The molecule has 1 amide bonds. The summed E-state index contributed by atoms with van der Waals surface area (Å²) < 4.78 is 0. The second kappa shape index (κ2) is 13.2. The van der Waals surface area contributed by atoms with Crippen molar-refractivity contribution in [2.24, 2.45) is 0 Å². The van der Waals surface area contributed by atoms with E-state index in [1.807, 2.05) is 0 Å². The maximum Gasteiger partial charge on any atom is 0.303 e. The molecule has 0 fully saturated rings. The molecule has 6 heteroatoms. The highest BCUT2D eigenvalue weighted by Gasteiger charge is 2.08. The molecule has 4 N–H and O–H groups in total. The molecule has 0 aliphatic rings. The summed E-state index contributed by atoms with van der Waals surface area (Å²) in [5, 5.41) is 18.1. The number of unbranched alkanes of at least 4 members (excludes halogenated alkanes) is 8. The van der Waals surface area contributed by atoms with E-state index in [0.29, 0.717) is 6.54 Å². The number of aromatic hydroxyl groups is 1. The molecule has 0 heterocycles. The maximum absolute atomic E-state index is 11.8. The predicted octanol–water partition coefficient (Wildman–Crippen LogP) is 3.61. The van der Waals surface area contributed by atoms with Crippen molar-refractivity contribution in [2.75, 3.05) is 6.54 Å². The molecule has 25 heavy (non-hydrogen) atoms. The number of rotatable bonds is 14. The first-order valence-corrected chi connectivity index (χ1v) is 9.14. The summed E-state index contributed by atoms with van der Waals surface area (Å²) in [6.45, 7) is 0.703. The Morgan fingerprint density at radius 2 is 1.40 bits per heavy atom. The van der Waals surface area contributed by atoms with Crippen LogP contribution < -0.4 is 10.9 Å². The van der Waals surface area contributed by atoms with E-state index in [1.54, 1.807) is 18.2 Å². The Kier molecular flexibility index (Phi) is 11.1. The van der Waals surface area contributed by atoms with Crippen LogP contribution in [0.2, 0.25) is 0 Å². The fourth-order valence-electron chi connectivity index (χ4n) is 2.60. The number of carbonyl (C=O) groups excluding carboxylic acids is 1. The van der Waals surface area contributed by atoms with Crippen molar-refractivity contribution in [1.29, 1.82) is 0 Å². The number of amides is 1. The van der Waals surface area contributed by atoms with E-state index in [0.717, 1.165) is 32.1 Å². The first-order valence-electron chi connectivity index (χ1n) is 9.14. The summed E-state index contributed by atoms with van der Waals surface area (Å²) in [4.78, 5) is 22.2. The van der Waals surface area contributed by atoms with E-state index in [1.165, 1.54) is 31.7 Å². The van der Waals surface area contributed by atoms with Crippen LogP contribution in [0.1, 0.15) is 74.6 Å². The number of nitrogens with one attached hydrogen (secondary N) is 2. The van der Waals surface area contributed by atoms with Gasteiger partial charge in [-0.15, -0.1) is 0 Å². The lowest BCUT2D eigenvalue weighted by Gasteiger charge is -2.08. The molecule has 140 valence electrons. The van der Waals surface area contributed by atoms with E-state index in [4.69, 9.17) is 5.11 Å². The molecule has 1 rings (SSSR count). The molecule has 1 aromatic carbocycles. The second-order valence-corrected chi connectivity index (χ2v) is 6.22. The molecule has 1 aromatic rings. The van der Waals surface area contributed by atoms with Crippen LogP contribution in [0.3, 0.4) is 0 Å². The van der Waals surface area contributed by atoms with Gasteiger partial charge >= 0.3 is 5.97 Å². The monoisotopic (exact) mass is 350 g/mol. The molecule has 0 aromatic heterocycles. The van der Waals surface area contributed by atoms with Gasteiger partial charge in [-0.3, -0.25) is 15.0 Å². The Morgan fingerprint density at radius 3 is 2.00 bits per heavy atom. The molecule has 0 saturated heterocycles. The molecule has 0 aliphatic carbocycles. The number of hydrogen-bond donors (Lipinski definition) is 4. The van der Waals surface area contributed by atoms with Crippen LogP contribution >= 0.6 is 0 Å². The lowest BCUT2D eigenvalue weighted by atomic mass is 10.1. The van der Waals surface area contributed by atoms with Gasteiger partial charge in [0.25, 0.3) is 5.91 Å². The highest BCUT2D eigenvalue weighted by Crippen LogP contribution is 2.14. The van der Waals surface area contributed by atoms with Gasteiger partial charge in [-0.1, -0.05) is 57.1 Å². The zero-order valence-corrected chi connectivity index (χ0v) is 14.8. The Morgan fingerprint density at radius 1 is 0.840 bits per heavy atom. The molecule has 0 radical (unpaired) electrons. The first kappa shape index (κ1) is 21.0. The van der Waals surface area contributed by atoms with Crippen LogP contribution in [0.5, 0.6) is 5.75 Å². The molecule has 0 spiro atoms. The minimum atomic E-state index is -0.703. The summed E-state index contributed by atoms with van der Waals surface area (Å²) in [5.74, 6) is -1.06. The molecule has 6 nitrogen and oxygen atoms in total. The number of carbonyl (C=O) groups is 2. The Labute approximate surface area is 149 Å². The number of phenols is 1. The van der Waals surface area contributed by atoms with Crippen LogP contribution in [0, 0.1) is 0 Å². The number of hydrazine groups is 1. The second-order valence-electron chi connectivity index (χ2n) is 6.22. The van der Waals surface area contributed by atoms with E-state index in [-0.39, 0.29) is 23.6 Å². The lowest BCUT2D eigenvalue weighted by Crippen LogP contribution is -2.37. The highest BCUT2D eigenvalue weighted by molar-refractivity contribution is 5.96. The summed E-state index contributed by atoms with van der Waals surface area (Å²) in [6.07, 6.45) is 10.0. The molecule has 0 unspecified atom stereocenters. The molecular formula is C19H30N2O4. The lowest BCUT2D eigenvalue weighted by molar-refractivity contribution is -0.137. The van der Waals surface area contributed by atoms with Crippen LogP contribution in [0.25, 0.3) is 0 Å². The van der Waals surface area contributed by atoms with Crippen molar-refractivity contribution in [3.63, 3.8) is 0 Å². The van der Waals surface area contributed by atoms with E-state index < -0.39 is 5.97 Å². The maximum atomic E-state index is 11.8. The van der Waals surface area contributed by atoms with Gasteiger partial charge in [-0.2, -0.15) is 0 Å². The van der Waals surface area contributed by atoms with Crippen molar-refractivity contribution in [3.05, 3.63) is 29.8 Å². The Bertz CT molecular complexity index is 520. The van der Waals surface area contributed by atoms with Crippen LogP contribution in [-0.2, 0) is 4.79 Å². The van der Waals surface area contributed by atoms with Crippen molar-refractivity contribution >= 4 is 11.9 Å². The normalized spacial score (nSPS) is 10.6. The van der Waals surface area contributed by atoms with Gasteiger partial charge in [0.15, 0.2) is 0 Å². The van der Waals surface area contributed by atoms with Gasteiger partial charge in [-0.05, 0) is 25.0 Å². The number of benzene rings is 1. The number of phenolic OH excluding ortho intramolecular Hbond substituents is 1. The third-order valence-corrected chi connectivity index (χ3v) is 4.04. The van der Waals surface area contributed by atoms with Gasteiger partial charge in [0.2, 0.25) is 0 Å². The summed E-state index contributed by atoms with van der Waals surface area (Å²) in [5.41, 5.74) is 5.74. The van der Waals surface area contributed by atoms with Crippen molar-refractivity contribution < 1.29 is 19.8 Å². The van der Waals surface area contributed by atoms with Crippen molar-refractivity contribution in [2.45, 2.75) is 64.2 Å². The average Bonchev–Trinajstić information content (AvgIpc) is 2.59. The van der Waals surface area contributed by atoms with Gasteiger partial charge in [0, 0.05) is 13.0 Å². The zero-order chi connectivity index (χ0) is 18.3. The smallest absolute Gasteiger partial charge is 0.303 e. The molecule has 0 aliphatic heterocycles. The largest absolute Gasteiger partial charge is 0.507 e. The average molecular weight is 350 g/mol. The van der Waals surface area contributed by atoms with Gasteiger partial charge < -0.3 is 10.2 Å². The third kappa shape index (κ3) is 10.4. The van der Waals surface area contributed by atoms with Gasteiger partial charge in [-0.25, -0.2) is 5.43 Å². The number of aliphatic carboxylic acids is 1. The predicted molar refractivity (Wildman–Crippen MR) is 97.4 cm³/mol. The Hall–Kier alpha value is -2.08. The summed E-state index contributed by atoms with van der Waals surface area (Å²) >= 11 is 0. The molecule has 0 saturated carbocycles. The molecule has 0 bridgehead atoms. The number of para-hydroxylation sites is 1. The Balaban J connectivity index is 1.88. The summed E-state index contributed by atoms with van der Waals surface area (Å²) in [7, 11) is 0. The van der Waals surface area contributed by atoms with Crippen LogP contribution in [0.15, 0.2) is 24.3 Å². The number of carboxylic acid groups (broad SMARTS) is 1. The van der Waals surface area contributed by atoms with Crippen LogP contribution in [-0.4, -0.2) is 28.6 Å². The topological polar surface area (TPSA) is 98.7 Å². The van der Waals surface area contributed by atoms with E-state index in [2.05, 4.69) is 10.9 Å². The summed E-state index contributed by atoms with van der Waals surface area (Å²) in [6, 6.07) is 6.45. The minimum Gasteiger partial charge on any atom is -0.507 e. The zero-order valence-electron chi connectivity index (χ0n) is 14.8. The van der Waals surface area contributed by atoms with Gasteiger partial charge in [0.1, 0.15) is 5.75 Å². The third-order valence-electron chi connectivity index (χ3n) is 4.04. The highest BCUT2D eigenvalue weighted by atomic mass is 16.4. The van der Waals surface area contributed by atoms with Gasteiger partial charge in [0.05, 0.1) is 5.56 Å². The standard InChI is InChI=1S/C19H30N2O4/c22-17-13-10-9-12-16(17)19(25)21-20-15-11-7-5-3-1-2-4-6-8-14-18(23)24/h9-10,12-13,20,22H,1-8,11,14-15H2,(H,21,25)(H,23,24). The SMILES string of the molecule is O=C(O)CCCCCCCCCCCNNC(=O)c1ccccc1O.